The van der Waals surface area contributed by atoms with Gasteiger partial charge in [-0.2, -0.15) is 5.10 Å². The SMILES string of the molecule is C=C(OC)c1cc(COC)n(-c2cccc(C3(O)C(=O)N(C)CC3C)c2)n1. The summed E-state index contributed by atoms with van der Waals surface area (Å²) in [6.45, 7) is 6.57. The molecule has 1 fully saturated rings. The van der Waals surface area contributed by atoms with Crippen molar-refractivity contribution in [1.29, 1.82) is 0 Å². The lowest BCUT2D eigenvalue weighted by molar-refractivity contribution is -0.145. The van der Waals surface area contributed by atoms with Crippen LogP contribution < -0.4 is 0 Å². The third-order valence-corrected chi connectivity index (χ3v) is 5.07. The molecule has 7 heteroatoms. The van der Waals surface area contributed by atoms with Crippen LogP contribution in [-0.4, -0.2) is 53.5 Å². The summed E-state index contributed by atoms with van der Waals surface area (Å²) in [4.78, 5) is 14.2. The number of carbonyl (C=O) groups is 1. The summed E-state index contributed by atoms with van der Waals surface area (Å²) in [6.07, 6.45) is 0. The van der Waals surface area contributed by atoms with Crippen LogP contribution in [0.4, 0.5) is 0 Å². The van der Waals surface area contributed by atoms with E-state index in [1.807, 2.05) is 25.1 Å². The number of aliphatic hydroxyl groups is 1. The Labute approximate surface area is 158 Å². The van der Waals surface area contributed by atoms with E-state index in [4.69, 9.17) is 9.47 Å². The van der Waals surface area contributed by atoms with E-state index in [1.54, 1.807) is 35.9 Å². The van der Waals surface area contributed by atoms with Gasteiger partial charge < -0.3 is 19.5 Å². The number of carbonyl (C=O) groups excluding carboxylic acids is 1. The van der Waals surface area contributed by atoms with Crippen LogP contribution in [0.5, 0.6) is 0 Å². The molecule has 0 spiro atoms. The Morgan fingerprint density at radius 1 is 1.41 bits per heavy atom. The molecular weight excluding hydrogens is 346 g/mol. The van der Waals surface area contributed by atoms with E-state index in [1.165, 1.54) is 7.11 Å². The van der Waals surface area contributed by atoms with Gasteiger partial charge >= 0.3 is 0 Å². The van der Waals surface area contributed by atoms with Crippen LogP contribution in [0.15, 0.2) is 36.9 Å². The van der Waals surface area contributed by atoms with E-state index >= 15 is 0 Å². The molecule has 1 N–H and O–H groups in total. The van der Waals surface area contributed by atoms with Crippen molar-refractivity contribution in [3.8, 4) is 5.69 Å². The van der Waals surface area contributed by atoms with Gasteiger partial charge in [-0.1, -0.05) is 25.6 Å². The molecule has 1 aromatic heterocycles. The fourth-order valence-electron chi connectivity index (χ4n) is 3.55. The molecule has 2 aromatic rings. The molecule has 27 heavy (non-hydrogen) atoms. The van der Waals surface area contributed by atoms with Crippen molar-refractivity contribution in [2.45, 2.75) is 19.1 Å². The Kier molecular flexibility index (Phi) is 5.08. The van der Waals surface area contributed by atoms with Crippen LogP contribution in [0.3, 0.4) is 0 Å². The first-order valence-corrected chi connectivity index (χ1v) is 8.72. The largest absolute Gasteiger partial charge is 0.495 e. The quantitative estimate of drug-likeness (QED) is 0.785. The van der Waals surface area contributed by atoms with Crippen molar-refractivity contribution in [2.75, 3.05) is 27.8 Å². The van der Waals surface area contributed by atoms with Gasteiger partial charge in [0.05, 0.1) is 25.1 Å². The van der Waals surface area contributed by atoms with Gasteiger partial charge in [0.25, 0.3) is 5.91 Å². The van der Waals surface area contributed by atoms with Crippen LogP contribution in [-0.2, 0) is 26.5 Å². The van der Waals surface area contributed by atoms with Crippen molar-refractivity contribution in [3.63, 3.8) is 0 Å². The van der Waals surface area contributed by atoms with Crippen LogP contribution >= 0.6 is 0 Å². The Bertz CT molecular complexity index is 876. The molecule has 0 aliphatic carbocycles. The number of ether oxygens (including phenoxy) is 2. The fourth-order valence-corrected chi connectivity index (χ4v) is 3.55. The van der Waals surface area contributed by atoms with Gasteiger partial charge in [-0.3, -0.25) is 4.79 Å². The highest BCUT2D eigenvalue weighted by molar-refractivity contribution is 5.89. The van der Waals surface area contributed by atoms with Gasteiger partial charge in [-0.15, -0.1) is 0 Å². The number of aromatic nitrogens is 2. The van der Waals surface area contributed by atoms with Gasteiger partial charge in [-0.05, 0) is 23.8 Å². The number of hydrogen-bond acceptors (Lipinski definition) is 5. The molecule has 1 saturated heterocycles. The third-order valence-electron chi connectivity index (χ3n) is 5.07. The molecule has 2 atom stereocenters. The Balaban J connectivity index is 2.07. The first kappa shape index (κ1) is 19.1. The second-order valence-electron chi connectivity index (χ2n) is 6.90. The molecule has 7 nitrogen and oxygen atoms in total. The minimum absolute atomic E-state index is 0.217. The second kappa shape index (κ2) is 7.17. The molecule has 0 bridgehead atoms. The highest BCUT2D eigenvalue weighted by Gasteiger charge is 2.50. The zero-order valence-corrected chi connectivity index (χ0v) is 16.1. The summed E-state index contributed by atoms with van der Waals surface area (Å²) in [5, 5.41) is 15.7. The maximum Gasteiger partial charge on any atom is 0.259 e. The smallest absolute Gasteiger partial charge is 0.259 e. The Morgan fingerprint density at radius 2 is 2.15 bits per heavy atom. The third kappa shape index (κ3) is 3.13. The van der Waals surface area contributed by atoms with Crippen LogP contribution in [0.2, 0.25) is 0 Å². The minimum Gasteiger partial charge on any atom is -0.495 e. The van der Waals surface area contributed by atoms with E-state index in [0.717, 1.165) is 11.4 Å². The van der Waals surface area contributed by atoms with Gasteiger partial charge in [-0.25, -0.2) is 4.68 Å². The molecule has 0 radical (unpaired) electrons. The summed E-state index contributed by atoms with van der Waals surface area (Å²) >= 11 is 0. The second-order valence-corrected chi connectivity index (χ2v) is 6.90. The predicted octanol–water partition coefficient (Wildman–Crippen LogP) is 1.93. The van der Waals surface area contributed by atoms with Crippen LogP contribution in [0.25, 0.3) is 11.4 Å². The number of hydrogen-bond donors (Lipinski definition) is 1. The maximum absolute atomic E-state index is 12.6. The highest BCUT2D eigenvalue weighted by atomic mass is 16.5. The lowest BCUT2D eigenvalue weighted by Gasteiger charge is -2.25. The van der Waals surface area contributed by atoms with Gasteiger partial charge in [0.1, 0.15) is 11.5 Å². The van der Waals surface area contributed by atoms with Crippen LogP contribution in [0.1, 0.15) is 23.9 Å². The molecule has 1 aromatic carbocycles. The topological polar surface area (TPSA) is 76.8 Å². The van der Waals surface area contributed by atoms with E-state index in [-0.39, 0.29) is 11.8 Å². The zero-order valence-electron chi connectivity index (χ0n) is 16.1. The minimum atomic E-state index is -1.54. The van der Waals surface area contributed by atoms with E-state index in [2.05, 4.69) is 11.7 Å². The first-order chi connectivity index (χ1) is 12.8. The molecule has 144 valence electrons. The van der Waals surface area contributed by atoms with E-state index in [0.29, 0.717) is 30.2 Å². The van der Waals surface area contributed by atoms with E-state index in [9.17, 15) is 9.90 Å². The predicted molar refractivity (Wildman–Crippen MR) is 101 cm³/mol. The summed E-state index contributed by atoms with van der Waals surface area (Å²) < 4.78 is 12.2. The van der Waals surface area contributed by atoms with Crippen molar-refractivity contribution in [1.82, 2.24) is 14.7 Å². The first-order valence-electron chi connectivity index (χ1n) is 8.72. The molecule has 0 saturated carbocycles. The number of rotatable bonds is 6. The summed E-state index contributed by atoms with van der Waals surface area (Å²) in [5.41, 5.74) is 1.13. The van der Waals surface area contributed by atoms with Crippen molar-refractivity contribution in [3.05, 3.63) is 53.9 Å². The number of likely N-dealkylation sites (tertiary alicyclic amines) is 1. The van der Waals surface area contributed by atoms with E-state index < -0.39 is 5.60 Å². The molecule has 3 rings (SSSR count). The molecule has 2 heterocycles. The number of likely N-dealkylation sites (N-methyl/N-ethyl adjacent to an activating group) is 1. The standard InChI is InChI=1S/C20H25N3O4/c1-13-11-22(3)19(24)20(13,25)15-7-6-8-16(9-15)23-17(12-26-4)10-18(21-23)14(2)27-5/h6-10,13,25H,2,11-12H2,1,3-5H3. The summed E-state index contributed by atoms with van der Waals surface area (Å²) in [6, 6.07) is 9.08. The van der Waals surface area contributed by atoms with Crippen molar-refractivity contribution < 1.29 is 19.4 Å². The molecule has 2 unspecified atom stereocenters. The van der Waals surface area contributed by atoms with Gasteiger partial charge in [0.2, 0.25) is 0 Å². The molecule has 1 aliphatic heterocycles. The zero-order chi connectivity index (χ0) is 19.8. The lowest BCUT2D eigenvalue weighted by Crippen LogP contribution is -2.39. The number of nitrogens with zero attached hydrogens (tertiary/aromatic N) is 3. The highest BCUT2D eigenvalue weighted by Crippen LogP contribution is 2.38. The molecular formula is C20H25N3O4. The normalized spacial score (nSPS) is 22.3. The molecule has 1 aliphatic rings. The monoisotopic (exact) mass is 371 g/mol. The Morgan fingerprint density at radius 3 is 2.74 bits per heavy atom. The lowest BCUT2D eigenvalue weighted by atomic mass is 9.84. The average Bonchev–Trinajstić information content (AvgIpc) is 3.17. The average molecular weight is 371 g/mol. The van der Waals surface area contributed by atoms with Gasteiger partial charge in [0.15, 0.2) is 5.60 Å². The summed E-state index contributed by atoms with van der Waals surface area (Å²) in [5.74, 6) is -0.0644. The maximum atomic E-state index is 12.6. The number of amides is 1. The fraction of sp³-hybridized carbons (Fsp3) is 0.400. The molecule has 1 amide bonds. The van der Waals surface area contributed by atoms with Crippen molar-refractivity contribution >= 4 is 11.7 Å². The summed E-state index contributed by atoms with van der Waals surface area (Å²) in [7, 11) is 4.85. The van der Waals surface area contributed by atoms with Gasteiger partial charge in [0, 0.05) is 26.6 Å². The van der Waals surface area contributed by atoms with Crippen molar-refractivity contribution in [2.24, 2.45) is 5.92 Å². The number of benzene rings is 1. The van der Waals surface area contributed by atoms with Crippen LogP contribution in [0, 0.1) is 5.92 Å². The Hall–Kier alpha value is -2.64. The number of methoxy groups -OCH3 is 2.